The molecular weight excluding hydrogens is 478 g/mol. The summed E-state index contributed by atoms with van der Waals surface area (Å²) in [5.41, 5.74) is 2.11. The van der Waals surface area contributed by atoms with E-state index >= 15 is 0 Å². The standard InChI is InChI=1S/C22H28BrN5O2S/c1-3-12-30-21-15-19(23)17(14-20(21)29-4-2)16-24-11-8-13-31-22-25-26-27-28(22)18-9-6-5-7-10-18/h5-7,9-10,14-15,24H,3-4,8,11-13,16H2,1-2H3. The minimum atomic E-state index is 0.608. The number of halogens is 1. The maximum Gasteiger partial charge on any atom is 0.214 e. The fourth-order valence-corrected chi connectivity index (χ4v) is 4.18. The van der Waals surface area contributed by atoms with Gasteiger partial charge >= 0.3 is 0 Å². The van der Waals surface area contributed by atoms with Crippen LogP contribution in [0.2, 0.25) is 0 Å². The van der Waals surface area contributed by atoms with Crippen molar-refractivity contribution >= 4 is 27.7 Å². The Balaban J connectivity index is 1.46. The maximum absolute atomic E-state index is 5.81. The van der Waals surface area contributed by atoms with Gasteiger partial charge in [-0.15, -0.1) is 5.10 Å². The Labute approximate surface area is 196 Å². The number of hydrogen-bond donors (Lipinski definition) is 1. The van der Waals surface area contributed by atoms with Gasteiger partial charge in [0.05, 0.1) is 18.9 Å². The molecule has 7 nitrogen and oxygen atoms in total. The van der Waals surface area contributed by atoms with Gasteiger partial charge in [-0.1, -0.05) is 52.8 Å². The van der Waals surface area contributed by atoms with Crippen LogP contribution >= 0.6 is 27.7 Å². The number of tetrazole rings is 1. The molecule has 0 aliphatic heterocycles. The molecule has 9 heteroatoms. The molecule has 2 aromatic carbocycles. The Bertz CT molecular complexity index is 939. The average Bonchev–Trinajstić information content (AvgIpc) is 3.26. The lowest BCUT2D eigenvalue weighted by Gasteiger charge is -2.15. The van der Waals surface area contributed by atoms with Crippen molar-refractivity contribution in [2.45, 2.75) is 38.4 Å². The van der Waals surface area contributed by atoms with E-state index < -0.39 is 0 Å². The molecule has 0 unspecified atom stereocenters. The fourth-order valence-electron chi connectivity index (χ4n) is 2.89. The summed E-state index contributed by atoms with van der Waals surface area (Å²) in [6.45, 7) is 7.00. The molecule has 1 aromatic heterocycles. The van der Waals surface area contributed by atoms with Crippen LogP contribution in [-0.4, -0.2) is 45.7 Å². The summed E-state index contributed by atoms with van der Waals surface area (Å²) in [5, 5.41) is 16.3. The first-order valence-corrected chi connectivity index (χ1v) is 12.3. The first kappa shape index (κ1) is 23.6. The lowest BCUT2D eigenvalue weighted by molar-refractivity contribution is 0.276. The lowest BCUT2D eigenvalue weighted by Crippen LogP contribution is -2.16. The molecule has 0 amide bonds. The van der Waals surface area contributed by atoms with Crippen molar-refractivity contribution in [3.63, 3.8) is 0 Å². The van der Waals surface area contributed by atoms with E-state index in [0.717, 1.165) is 64.1 Å². The maximum atomic E-state index is 5.81. The molecule has 0 saturated heterocycles. The first-order valence-electron chi connectivity index (χ1n) is 10.5. The third-order valence-electron chi connectivity index (χ3n) is 4.36. The minimum absolute atomic E-state index is 0.608. The number of benzene rings is 2. The number of ether oxygens (including phenoxy) is 2. The average molecular weight is 506 g/mol. The van der Waals surface area contributed by atoms with Crippen LogP contribution in [0.15, 0.2) is 52.1 Å². The molecule has 0 spiro atoms. The molecule has 0 atom stereocenters. The van der Waals surface area contributed by atoms with Gasteiger partial charge in [0.1, 0.15) is 0 Å². The van der Waals surface area contributed by atoms with Gasteiger partial charge < -0.3 is 14.8 Å². The molecule has 0 aliphatic carbocycles. The van der Waals surface area contributed by atoms with Crippen LogP contribution in [-0.2, 0) is 6.54 Å². The van der Waals surface area contributed by atoms with Crippen molar-refractivity contribution in [2.24, 2.45) is 0 Å². The number of aromatic nitrogens is 4. The van der Waals surface area contributed by atoms with Crippen LogP contribution in [0.3, 0.4) is 0 Å². The zero-order chi connectivity index (χ0) is 21.9. The predicted molar refractivity (Wildman–Crippen MR) is 127 cm³/mol. The van der Waals surface area contributed by atoms with Crippen molar-refractivity contribution in [3.05, 3.63) is 52.5 Å². The number of hydrogen-bond acceptors (Lipinski definition) is 7. The highest BCUT2D eigenvalue weighted by Gasteiger charge is 2.11. The van der Waals surface area contributed by atoms with Crippen molar-refractivity contribution in [3.8, 4) is 17.2 Å². The Kier molecular flexibility index (Phi) is 9.64. The van der Waals surface area contributed by atoms with Crippen LogP contribution < -0.4 is 14.8 Å². The van der Waals surface area contributed by atoms with Crippen molar-refractivity contribution in [2.75, 3.05) is 25.5 Å². The first-order chi connectivity index (χ1) is 15.2. The quantitative estimate of drug-likeness (QED) is 0.262. The molecule has 0 saturated carbocycles. The van der Waals surface area contributed by atoms with Gasteiger partial charge in [-0.25, -0.2) is 0 Å². The Hall–Kier alpha value is -2.10. The van der Waals surface area contributed by atoms with Crippen molar-refractivity contribution in [1.29, 1.82) is 0 Å². The van der Waals surface area contributed by atoms with Gasteiger partial charge in [0.25, 0.3) is 0 Å². The highest BCUT2D eigenvalue weighted by atomic mass is 79.9. The largest absolute Gasteiger partial charge is 0.490 e. The van der Waals surface area contributed by atoms with E-state index in [1.807, 2.05) is 49.4 Å². The summed E-state index contributed by atoms with van der Waals surface area (Å²) in [4.78, 5) is 0. The highest BCUT2D eigenvalue weighted by molar-refractivity contribution is 9.10. The third kappa shape index (κ3) is 6.95. The molecule has 0 bridgehead atoms. The molecular formula is C22H28BrN5O2S. The Morgan fingerprint density at radius 3 is 2.68 bits per heavy atom. The van der Waals surface area contributed by atoms with Gasteiger partial charge in [-0.05, 0) is 66.6 Å². The number of rotatable bonds is 13. The van der Waals surface area contributed by atoms with Crippen LogP contribution in [0.5, 0.6) is 11.5 Å². The smallest absolute Gasteiger partial charge is 0.214 e. The summed E-state index contributed by atoms with van der Waals surface area (Å²) in [6, 6.07) is 14.0. The van der Waals surface area contributed by atoms with E-state index in [4.69, 9.17) is 9.47 Å². The number of thioether (sulfide) groups is 1. The molecule has 0 radical (unpaired) electrons. The monoisotopic (exact) mass is 505 g/mol. The highest BCUT2D eigenvalue weighted by Crippen LogP contribution is 2.34. The van der Waals surface area contributed by atoms with Gasteiger partial charge in [0.15, 0.2) is 11.5 Å². The van der Waals surface area contributed by atoms with Crippen LogP contribution in [0.4, 0.5) is 0 Å². The van der Waals surface area contributed by atoms with Crippen molar-refractivity contribution in [1.82, 2.24) is 25.5 Å². The molecule has 3 aromatic rings. The normalized spacial score (nSPS) is 10.9. The molecule has 0 fully saturated rings. The lowest BCUT2D eigenvalue weighted by atomic mass is 10.2. The van der Waals surface area contributed by atoms with Crippen molar-refractivity contribution < 1.29 is 9.47 Å². The van der Waals surface area contributed by atoms with Gasteiger partial charge in [-0.3, -0.25) is 0 Å². The molecule has 3 rings (SSSR count). The van der Waals surface area contributed by atoms with Crippen LogP contribution in [0.1, 0.15) is 32.3 Å². The number of nitrogens with zero attached hydrogens (tertiary/aromatic N) is 4. The van der Waals surface area contributed by atoms with E-state index in [9.17, 15) is 0 Å². The van der Waals surface area contributed by atoms with E-state index in [0.29, 0.717) is 13.2 Å². The Morgan fingerprint density at radius 1 is 1.10 bits per heavy atom. The van der Waals surface area contributed by atoms with E-state index in [-0.39, 0.29) is 0 Å². The van der Waals surface area contributed by atoms with Crippen LogP contribution in [0, 0.1) is 0 Å². The summed E-state index contributed by atoms with van der Waals surface area (Å²) < 4.78 is 14.4. The SMILES string of the molecule is CCCOc1cc(Br)c(CNCCCSc2nnnn2-c2ccccc2)cc1OCC. The molecule has 166 valence electrons. The van der Waals surface area contributed by atoms with Crippen LogP contribution in [0.25, 0.3) is 5.69 Å². The Morgan fingerprint density at radius 2 is 1.90 bits per heavy atom. The third-order valence-corrected chi connectivity index (χ3v) is 6.10. The second-order valence-electron chi connectivity index (χ2n) is 6.76. The molecule has 0 aliphatic rings. The second kappa shape index (κ2) is 12.7. The van der Waals surface area contributed by atoms with E-state index in [1.165, 1.54) is 0 Å². The minimum Gasteiger partial charge on any atom is -0.490 e. The van der Waals surface area contributed by atoms with Gasteiger partial charge in [0, 0.05) is 16.8 Å². The number of nitrogens with one attached hydrogen (secondary N) is 1. The zero-order valence-corrected chi connectivity index (χ0v) is 20.3. The molecule has 1 heterocycles. The van der Waals surface area contributed by atoms with E-state index in [2.05, 4.69) is 43.7 Å². The summed E-state index contributed by atoms with van der Waals surface area (Å²) in [5.74, 6) is 2.50. The second-order valence-corrected chi connectivity index (χ2v) is 8.68. The zero-order valence-electron chi connectivity index (χ0n) is 17.9. The summed E-state index contributed by atoms with van der Waals surface area (Å²) >= 11 is 5.32. The van der Waals surface area contributed by atoms with Gasteiger partial charge in [-0.2, -0.15) is 4.68 Å². The topological polar surface area (TPSA) is 74.1 Å². The molecule has 1 N–H and O–H groups in total. The fraction of sp³-hybridized carbons (Fsp3) is 0.409. The summed E-state index contributed by atoms with van der Waals surface area (Å²) in [7, 11) is 0. The number of para-hydroxylation sites is 1. The van der Waals surface area contributed by atoms with E-state index in [1.54, 1.807) is 16.4 Å². The summed E-state index contributed by atoms with van der Waals surface area (Å²) in [6.07, 6.45) is 1.96. The van der Waals surface area contributed by atoms with Gasteiger partial charge in [0.2, 0.25) is 5.16 Å². The molecule has 31 heavy (non-hydrogen) atoms. The predicted octanol–water partition coefficient (Wildman–Crippen LogP) is 4.88.